The number of nitrogens with one attached hydrogen (secondary N) is 2. The first kappa shape index (κ1) is 20.0. The summed E-state index contributed by atoms with van der Waals surface area (Å²) in [7, 11) is 1.36. The Bertz CT molecular complexity index is 701. The summed E-state index contributed by atoms with van der Waals surface area (Å²) in [5, 5.41) is 6.32. The molecule has 0 saturated carbocycles. The zero-order chi connectivity index (χ0) is 18.7. The van der Waals surface area contributed by atoms with Crippen molar-refractivity contribution < 1.29 is 14.4 Å². The lowest BCUT2D eigenvalue weighted by molar-refractivity contribution is -0.133. The zero-order valence-corrected chi connectivity index (χ0v) is 16.8. The van der Waals surface area contributed by atoms with Gasteiger partial charge in [0.2, 0.25) is 11.8 Å². The molecule has 2 unspecified atom stereocenters. The Morgan fingerprint density at radius 3 is 2.68 bits per heavy atom. The lowest BCUT2D eigenvalue weighted by Crippen LogP contribution is -2.64. The molecule has 0 aliphatic carbocycles. The van der Waals surface area contributed by atoms with Gasteiger partial charge in [0.25, 0.3) is 0 Å². The average Bonchev–Trinajstić information content (AvgIpc) is 2.57. The Morgan fingerprint density at radius 1 is 1.36 bits per heavy atom. The largest absolute Gasteiger partial charge is 0.352 e. The van der Waals surface area contributed by atoms with E-state index in [2.05, 4.69) is 26.6 Å². The maximum atomic E-state index is 12.4. The standard InChI is InChI=1S/C16H18BrCl2N3O3/c1-8(3-4-9-5-6-10(18)11(19)7-9)20-14(23)13-12(17)15(24)22(2)16(25)21-13/h5-8,12-13H,3-4H2,1-2H3,(H,20,23)(H,21,25)/t8?,12?,13-/m0/s1. The van der Waals surface area contributed by atoms with E-state index in [0.29, 0.717) is 22.9 Å². The van der Waals surface area contributed by atoms with Crippen molar-refractivity contribution in [3.05, 3.63) is 33.8 Å². The summed E-state index contributed by atoms with van der Waals surface area (Å²) in [6, 6.07) is 3.73. The summed E-state index contributed by atoms with van der Waals surface area (Å²) >= 11 is 15.0. The summed E-state index contributed by atoms with van der Waals surface area (Å²) in [4.78, 5) is 36.1. The van der Waals surface area contributed by atoms with E-state index < -0.39 is 28.7 Å². The molecule has 1 heterocycles. The third kappa shape index (κ3) is 4.86. The molecule has 3 atom stereocenters. The Morgan fingerprint density at radius 2 is 2.04 bits per heavy atom. The number of halogens is 3. The molecule has 0 radical (unpaired) electrons. The second-order valence-electron chi connectivity index (χ2n) is 5.92. The van der Waals surface area contributed by atoms with Crippen LogP contribution >= 0.6 is 39.1 Å². The van der Waals surface area contributed by atoms with E-state index in [4.69, 9.17) is 23.2 Å². The summed E-state index contributed by atoms with van der Waals surface area (Å²) in [5.74, 6) is -0.856. The van der Waals surface area contributed by atoms with Gasteiger partial charge < -0.3 is 10.6 Å². The normalized spacial score (nSPS) is 21.7. The summed E-state index contributed by atoms with van der Waals surface area (Å²) in [6.07, 6.45) is 1.37. The van der Waals surface area contributed by atoms with Crippen molar-refractivity contribution in [2.45, 2.75) is 36.7 Å². The minimum atomic E-state index is -0.941. The number of urea groups is 1. The van der Waals surface area contributed by atoms with Gasteiger partial charge in [0.15, 0.2) is 0 Å². The predicted octanol–water partition coefficient (Wildman–Crippen LogP) is 2.74. The van der Waals surface area contributed by atoms with Crippen LogP contribution in [-0.2, 0) is 16.0 Å². The van der Waals surface area contributed by atoms with Gasteiger partial charge in [-0.25, -0.2) is 4.79 Å². The fourth-order valence-corrected chi connectivity index (χ4v) is 3.41. The van der Waals surface area contributed by atoms with Gasteiger partial charge in [-0.1, -0.05) is 45.2 Å². The van der Waals surface area contributed by atoms with Crippen molar-refractivity contribution in [1.82, 2.24) is 15.5 Å². The predicted molar refractivity (Wildman–Crippen MR) is 100 cm³/mol. The number of benzene rings is 1. The second kappa shape index (κ2) is 8.38. The van der Waals surface area contributed by atoms with Crippen LogP contribution in [0.25, 0.3) is 0 Å². The van der Waals surface area contributed by atoms with E-state index in [1.165, 1.54) is 7.05 Å². The van der Waals surface area contributed by atoms with Crippen LogP contribution < -0.4 is 10.6 Å². The lowest BCUT2D eigenvalue weighted by atomic mass is 10.0. The molecular formula is C16H18BrCl2N3O3. The Balaban J connectivity index is 1.90. The second-order valence-corrected chi connectivity index (χ2v) is 7.72. The first-order chi connectivity index (χ1) is 11.7. The maximum Gasteiger partial charge on any atom is 0.324 e. The summed E-state index contributed by atoms with van der Waals surface area (Å²) in [5.41, 5.74) is 1.01. The van der Waals surface area contributed by atoms with Gasteiger partial charge in [0.05, 0.1) is 10.0 Å². The number of carbonyl (C=O) groups excluding carboxylic acids is 3. The number of imide groups is 1. The third-order valence-electron chi connectivity index (χ3n) is 3.96. The number of amides is 4. The summed E-state index contributed by atoms with van der Waals surface area (Å²) < 4.78 is 0. The van der Waals surface area contributed by atoms with Crippen molar-refractivity contribution in [2.75, 3.05) is 7.05 Å². The van der Waals surface area contributed by atoms with E-state index in [0.717, 1.165) is 10.5 Å². The van der Waals surface area contributed by atoms with Crippen molar-refractivity contribution >= 4 is 57.0 Å². The molecule has 1 aromatic rings. The Labute approximate surface area is 164 Å². The fourth-order valence-electron chi connectivity index (χ4n) is 2.41. The maximum absolute atomic E-state index is 12.4. The van der Waals surface area contributed by atoms with Crippen LogP contribution in [0.4, 0.5) is 4.79 Å². The fraction of sp³-hybridized carbons (Fsp3) is 0.438. The molecule has 2 N–H and O–H groups in total. The van der Waals surface area contributed by atoms with Gasteiger partial charge >= 0.3 is 6.03 Å². The molecule has 1 saturated heterocycles. The molecule has 1 aliphatic heterocycles. The number of aryl methyl sites for hydroxylation is 1. The average molecular weight is 451 g/mol. The zero-order valence-electron chi connectivity index (χ0n) is 13.7. The molecule has 9 heteroatoms. The molecule has 6 nitrogen and oxygen atoms in total. The van der Waals surface area contributed by atoms with Crippen molar-refractivity contribution in [1.29, 1.82) is 0 Å². The molecule has 2 rings (SSSR count). The molecule has 4 amide bonds. The minimum absolute atomic E-state index is 0.145. The molecule has 136 valence electrons. The monoisotopic (exact) mass is 449 g/mol. The molecule has 1 aliphatic rings. The number of hydrogen-bond donors (Lipinski definition) is 2. The highest BCUT2D eigenvalue weighted by atomic mass is 79.9. The van der Waals surface area contributed by atoms with Gasteiger partial charge in [-0.05, 0) is 37.5 Å². The Hall–Kier alpha value is -1.31. The van der Waals surface area contributed by atoms with Crippen LogP contribution in [0.3, 0.4) is 0 Å². The van der Waals surface area contributed by atoms with Crippen molar-refractivity contribution in [3.63, 3.8) is 0 Å². The molecular weight excluding hydrogens is 433 g/mol. The number of carbonyl (C=O) groups is 3. The molecule has 0 bridgehead atoms. The minimum Gasteiger partial charge on any atom is -0.352 e. The molecule has 0 aromatic heterocycles. The third-order valence-corrected chi connectivity index (χ3v) is 5.62. The van der Waals surface area contributed by atoms with E-state index in [-0.39, 0.29) is 6.04 Å². The van der Waals surface area contributed by atoms with Gasteiger partial charge in [0, 0.05) is 13.1 Å². The summed E-state index contributed by atoms with van der Waals surface area (Å²) in [6.45, 7) is 1.86. The van der Waals surface area contributed by atoms with Crippen LogP contribution in [0.2, 0.25) is 10.0 Å². The van der Waals surface area contributed by atoms with Gasteiger partial charge in [0.1, 0.15) is 10.9 Å². The van der Waals surface area contributed by atoms with Gasteiger partial charge in [-0.15, -0.1) is 0 Å². The number of rotatable bonds is 5. The number of nitrogens with zero attached hydrogens (tertiary/aromatic N) is 1. The van der Waals surface area contributed by atoms with Gasteiger partial charge in [-0.2, -0.15) is 0 Å². The molecule has 1 aromatic carbocycles. The highest BCUT2D eigenvalue weighted by Gasteiger charge is 2.41. The van der Waals surface area contributed by atoms with Crippen LogP contribution in [0.5, 0.6) is 0 Å². The number of alkyl halides is 1. The molecule has 25 heavy (non-hydrogen) atoms. The van der Waals surface area contributed by atoms with Crippen molar-refractivity contribution in [3.8, 4) is 0 Å². The van der Waals surface area contributed by atoms with Crippen LogP contribution in [-0.4, -0.2) is 46.7 Å². The van der Waals surface area contributed by atoms with Gasteiger partial charge in [-0.3, -0.25) is 14.5 Å². The Kier molecular flexibility index (Phi) is 6.71. The number of hydrogen-bond acceptors (Lipinski definition) is 3. The van der Waals surface area contributed by atoms with E-state index in [1.807, 2.05) is 13.0 Å². The lowest BCUT2D eigenvalue weighted by Gasteiger charge is -2.32. The van der Waals surface area contributed by atoms with Crippen LogP contribution in [0.15, 0.2) is 18.2 Å². The molecule has 1 fully saturated rings. The van der Waals surface area contributed by atoms with Crippen LogP contribution in [0, 0.1) is 0 Å². The SMILES string of the molecule is CC(CCc1ccc(Cl)c(Cl)c1)NC(=O)[C@H]1NC(=O)N(C)C(=O)C1Br. The quantitative estimate of drug-likeness (QED) is 0.677. The van der Waals surface area contributed by atoms with E-state index >= 15 is 0 Å². The first-order valence-corrected chi connectivity index (χ1v) is 9.34. The van der Waals surface area contributed by atoms with Crippen LogP contribution in [0.1, 0.15) is 18.9 Å². The van der Waals surface area contributed by atoms with E-state index in [9.17, 15) is 14.4 Å². The molecule has 0 spiro atoms. The van der Waals surface area contributed by atoms with Crippen molar-refractivity contribution in [2.24, 2.45) is 0 Å². The highest BCUT2D eigenvalue weighted by Crippen LogP contribution is 2.23. The van der Waals surface area contributed by atoms with E-state index in [1.54, 1.807) is 12.1 Å². The smallest absolute Gasteiger partial charge is 0.324 e. The topological polar surface area (TPSA) is 78.5 Å². The highest BCUT2D eigenvalue weighted by molar-refractivity contribution is 9.10. The first-order valence-electron chi connectivity index (χ1n) is 7.67.